The first-order chi connectivity index (χ1) is 10.2. The summed E-state index contributed by atoms with van der Waals surface area (Å²) in [5, 5.41) is 3.50. The van der Waals surface area contributed by atoms with Crippen LogP contribution in [0.4, 0.5) is 0 Å². The molecule has 0 aliphatic heterocycles. The van der Waals surface area contributed by atoms with E-state index >= 15 is 0 Å². The maximum atomic E-state index is 11.8. The summed E-state index contributed by atoms with van der Waals surface area (Å²) < 4.78 is 5.22. The van der Waals surface area contributed by atoms with Gasteiger partial charge >= 0.3 is 0 Å². The van der Waals surface area contributed by atoms with Gasteiger partial charge in [-0.15, -0.1) is 0 Å². The monoisotopic (exact) mass is 301 g/mol. The van der Waals surface area contributed by atoms with Gasteiger partial charge in [-0.05, 0) is 29.8 Å². The van der Waals surface area contributed by atoms with Crippen LogP contribution in [-0.2, 0) is 11.3 Å². The third-order valence-electron chi connectivity index (χ3n) is 2.93. The third kappa shape index (κ3) is 4.65. The van der Waals surface area contributed by atoms with Crippen LogP contribution < -0.4 is 10.1 Å². The van der Waals surface area contributed by atoms with Crippen molar-refractivity contribution in [3.63, 3.8) is 0 Å². The fourth-order valence-electron chi connectivity index (χ4n) is 1.82. The van der Waals surface area contributed by atoms with Gasteiger partial charge in [-0.25, -0.2) is 0 Å². The molecule has 0 spiro atoms. The van der Waals surface area contributed by atoms with Gasteiger partial charge in [0.05, 0.1) is 7.11 Å². The first-order valence-electron chi connectivity index (χ1n) is 6.52. The number of rotatable bonds is 5. The van der Waals surface area contributed by atoms with Gasteiger partial charge in [-0.2, -0.15) is 0 Å². The molecule has 0 unspecified atom stereocenters. The molecule has 108 valence electrons. The summed E-state index contributed by atoms with van der Waals surface area (Å²) in [7, 11) is 1.60. The smallest absolute Gasteiger partial charge is 0.244 e. The van der Waals surface area contributed by atoms with Crippen molar-refractivity contribution >= 4 is 23.6 Å². The molecule has 0 bridgehead atoms. The zero-order valence-corrected chi connectivity index (χ0v) is 12.4. The quantitative estimate of drug-likeness (QED) is 0.856. The van der Waals surface area contributed by atoms with E-state index in [-0.39, 0.29) is 5.91 Å². The molecule has 0 saturated carbocycles. The molecule has 2 aromatic carbocycles. The molecule has 0 aliphatic rings. The Kier molecular flexibility index (Phi) is 5.41. The number of para-hydroxylation sites is 1. The van der Waals surface area contributed by atoms with Gasteiger partial charge in [0.25, 0.3) is 0 Å². The van der Waals surface area contributed by atoms with E-state index in [0.717, 1.165) is 16.9 Å². The minimum absolute atomic E-state index is 0.157. The standard InChI is InChI=1S/C17H16ClNO2/c1-21-16-5-3-2-4-14(16)8-11-17(20)19-12-13-6-9-15(18)10-7-13/h2-11H,12H2,1H3,(H,19,20)/b11-8+. The van der Waals surface area contributed by atoms with Crippen LogP contribution in [0.5, 0.6) is 5.75 Å². The van der Waals surface area contributed by atoms with Crippen LogP contribution in [0, 0.1) is 0 Å². The van der Waals surface area contributed by atoms with Crippen molar-refractivity contribution in [2.45, 2.75) is 6.54 Å². The topological polar surface area (TPSA) is 38.3 Å². The number of nitrogens with one attached hydrogen (secondary N) is 1. The lowest BCUT2D eigenvalue weighted by atomic mass is 10.2. The molecule has 0 radical (unpaired) electrons. The van der Waals surface area contributed by atoms with E-state index in [1.54, 1.807) is 25.3 Å². The van der Waals surface area contributed by atoms with Crippen molar-refractivity contribution in [1.82, 2.24) is 5.32 Å². The van der Waals surface area contributed by atoms with Crippen LogP contribution in [0.25, 0.3) is 6.08 Å². The van der Waals surface area contributed by atoms with Crippen molar-refractivity contribution in [3.05, 3.63) is 70.8 Å². The van der Waals surface area contributed by atoms with E-state index in [2.05, 4.69) is 5.32 Å². The van der Waals surface area contributed by atoms with Gasteiger partial charge in [-0.3, -0.25) is 4.79 Å². The number of carbonyl (C=O) groups is 1. The Labute approximate surface area is 129 Å². The van der Waals surface area contributed by atoms with Crippen molar-refractivity contribution in [3.8, 4) is 5.75 Å². The molecule has 1 N–H and O–H groups in total. The van der Waals surface area contributed by atoms with Crippen molar-refractivity contribution in [2.24, 2.45) is 0 Å². The largest absolute Gasteiger partial charge is 0.496 e. The molecule has 2 rings (SSSR count). The number of carbonyl (C=O) groups excluding carboxylic acids is 1. The molecule has 1 amide bonds. The molecule has 4 heteroatoms. The molecule has 0 aliphatic carbocycles. The Morgan fingerprint density at radius 2 is 1.90 bits per heavy atom. The predicted octanol–water partition coefficient (Wildman–Crippen LogP) is 3.68. The van der Waals surface area contributed by atoms with E-state index in [1.165, 1.54) is 6.08 Å². The normalized spacial score (nSPS) is 10.6. The zero-order valence-electron chi connectivity index (χ0n) is 11.7. The number of hydrogen-bond acceptors (Lipinski definition) is 2. The van der Waals surface area contributed by atoms with Crippen LogP contribution in [0.1, 0.15) is 11.1 Å². The second-order valence-corrected chi connectivity index (χ2v) is 4.86. The Bertz CT molecular complexity index is 635. The Morgan fingerprint density at radius 3 is 2.62 bits per heavy atom. The van der Waals surface area contributed by atoms with Crippen LogP contribution in [-0.4, -0.2) is 13.0 Å². The number of halogens is 1. The summed E-state index contributed by atoms with van der Waals surface area (Å²) in [6, 6.07) is 14.9. The minimum Gasteiger partial charge on any atom is -0.496 e. The van der Waals surface area contributed by atoms with Crippen molar-refractivity contribution in [1.29, 1.82) is 0 Å². The maximum Gasteiger partial charge on any atom is 0.244 e. The summed E-state index contributed by atoms with van der Waals surface area (Å²) in [5.74, 6) is 0.579. The van der Waals surface area contributed by atoms with E-state index in [1.807, 2.05) is 36.4 Å². The number of ether oxygens (including phenoxy) is 1. The van der Waals surface area contributed by atoms with Gasteiger partial charge in [0.2, 0.25) is 5.91 Å². The fourth-order valence-corrected chi connectivity index (χ4v) is 1.95. The average Bonchev–Trinajstić information content (AvgIpc) is 2.52. The van der Waals surface area contributed by atoms with Gasteiger partial charge < -0.3 is 10.1 Å². The Hall–Kier alpha value is -2.26. The van der Waals surface area contributed by atoms with Gasteiger partial charge in [0, 0.05) is 23.2 Å². The molecule has 0 saturated heterocycles. The van der Waals surface area contributed by atoms with Crippen LogP contribution in [0.2, 0.25) is 5.02 Å². The lowest BCUT2D eigenvalue weighted by Crippen LogP contribution is -2.20. The zero-order chi connectivity index (χ0) is 15.1. The summed E-state index contributed by atoms with van der Waals surface area (Å²) in [4.78, 5) is 11.8. The Balaban J connectivity index is 1.92. The second kappa shape index (κ2) is 7.50. The molecule has 0 aromatic heterocycles. The lowest BCUT2D eigenvalue weighted by molar-refractivity contribution is -0.116. The van der Waals surface area contributed by atoms with E-state index in [4.69, 9.17) is 16.3 Å². The first kappa shape index (κ1) is 15.1. The highest BCUT2D eigenvalue weighted by atomic mass is 35.5. The molecule has 2 aromatic rings. The summed E-state index contributed by atoms with van der Waals surface area (Å²) in [6.45, 7) is 0.465. The van der Waals surface area contributed by atoms with Crippen LogP contribution >= 0.6 is 11.6 Å². The van der Waals surface area contributed by atoms with Crippen molar-refractivity contribution in [2.75, 3.05) is 7.11 Å². The number of benzene rings is 2. The highest BCUT2D eigenvalue weighted by molar-refractivity contribution is 6.30. The van der Waals surface area contributed by atoms with E-state index in [9.17, 15) is 4.79 Å². The molecule has 0 heterocycles. The molecule has 0 fully saturated rings. The molecule has 21 heavy (non-hydrogen) atoms. The molecule has 0 atom stereocenters. The van der Waals surface area contributed by atoms with Gasteiger partial charge in [0.15, 0.2) is 0 Å². The number of amides is 1. The minimum atomic E-state index is -0.157. The highest BCUT2D eigenvalue weighted by Crippen LogP contribution is 2.18. The number of hydrogen-bond donors (Lipinski definition) is 1. The molecular weight excluding hydrogens is 286 g/mol. The third-order valence-corrected chi connectivity index (χ3v) is 3.19. The molecule has 3 nitrogen and oxygen atoms in total. The SMILES string of the molecule is COc1ccccc1/C=C/C(=O)NCc1ccc(Cl)cc1. The van der Waals surface area contributed by atoms with Crippen LogP contribution in [0.15, 0.2) is 54.6 Å². The lowest BCUT2D eigenvalue weighted by Gasteiger charge is -2.04. The summed E-state index contributed by atoms with van der Waals surface area (Å²) in [5.41, 5.74) is 1.86. The van der Waals surface area contributed by atoms with Crippen molar-refractivity contribution < 1.29 is 9.53 Å². The Morgan fingerprint density at radius 1 is 1.19 bits per heavy atom. The van der Waals surface area contributed by atoms with Gasteiger partial charge in [0.1, 0.15) is 5.75 Å². The summed E-state index contributed by atoms with van der Waals surface area (Å²) >= 11 is 5.81. The average molecular weight is 302 g/mol. The maximum absolute atomic E-state index is 11.8. The van der Waals surface area contributed by atoms with Crippen LogP contribution in [0.3, 0.4) is 0 Å². The van der Waals surface area contributed by atoms with E-state index < -0.39 is 0 Å². The first-order valence-corrected chi connectivity index (χ1v) is 6.90. The summed E-state index contributed by atoms with van der Waals surface area (Å²) in [6.07, 6.45) is 3.23. The predicted molar refractivity (Wildman–Crippen MR) is 85.3 cm³/mol. The number of methoxy groups -OCH3 is 1. The fraction of sp³-hybridized carbons (Fsp3) is 0.118. The van der Waals surface area contributed by atoms with E-state index in [0.29, 0.717) is 11.6 Å². The highest BCUT2D eigenvalue weighted by Gasteiger charge is 2.00. The van der Waals surface area contributed by atoms with Gasteiger partial charge in [-0.1, -0.05) is 41.9 Å². The second-order valence-electron chi connectivity index (χ2n) is 4.42. The molecular formula is C17H16ClNO2.